The lowest BCUT2D eigenvalue weighted by Gasteiger charge is -2.18. The number of rotatable bonds is 4. The van der Waals surface area contributed by atoms with Crippen LogP contribution in [0.1, 0.15) is 0 Å². The molecule has 4 nitrogen and oxygen atoms in total. The second kappa shape index (κ2) is 9.34. The summed E-state index contributed by atoms with van der Waals surface area (Å²) in [6.45, 7) is 0. The van der Waals surface area contributed by atoms with Crippen LogP contribution < -0.4 is 0 Å². The van der Waals surface area contributed by atoms with Crippen LogP contribution in [-0.4, -0.2) is 19.9 Å². The van der Waals surface area contributed by atoms with E-state index in [1.54, 1.807) is 24.8 Å². The Kier molecular flexibility index (Phi) is 5.41. The predicted octanol–water partition coefficient (Wildman–Crippen LogP) is 8.24. The second-order valence-corrected chi connectivity index (χ2v) is 9.17. The molecule has 4 heteroatoms. The summed E-state index contributed by atoms with van der Waals surface area (Å²) >= 11 is 0. The minimum absolute atomic E-state index is 0.929. The summed E-state index contributed by atoms with van der Waals surface area (Å²) in [7, 11) is 0. The Labute approximate surface area is 220 Å². The highest BCUT2D eigenvalue weighted by atomic mass is 14.7. The molecule has 7 rings (SSSR count). The van der Waals surface area contributed by atoms with Crippen LogP contribution in [0, 0.1) is 0 Å². The van der Waals surface area contributed by atoms with E-state index in [4.69, 9.17) is 0 Å². The molecule has 7 aromatic rings. The van der Waals surface area contributed by atoms with Crippen molar-refractivity contribution in [3.63, 3.8) is 0 Å². The summed E-state index contributed by atoms with van der Waals surface area (Å²) in [5.41, 5.74) is 8.65. The van der Waals surface area contributed by atoms with Crippen molar-refractivity contribution >= 4 is 21.5 Å². The molecule has 4 heterocycles. The van der Waals surface area contributed by atoms with Gasteiger partial charge in [0.15, 0.2) is 0 Å². The van der Waals surface area contributed by atoms with E-state index in [2.05, 4.69) is 92.7 Å². The summed E-state index contributed by atoms with van der Waals surface area (Å²) < 4.78 is 0. The molecule has 178 valence electrons. The fourth-order valence-electron chi connectivity index (χ4n) is 5.28. The van der Waals surface area contributed by atoms with Crippen LogP contribution in [0.25, 0.3) is 66.3 Å². The van der Waals surface area contributed by atoms with E-state index in [9.17, 15) is 0 Å². The smallest absolute Gasteiger partial charge is 0.0709 e. The van der Waals surface area contributed by atoms with Gasteiger partial charge in [-0.2, -0.15) is 0 Å². The predicted molar refractivity (Wildman–Crippen MR) is 154 cm³/mol. The normalized spacial score (nSPS) is 11.2. The molecule has 0 amide bonds. The van der Waals surface area contributed by atoms with Crippen molar-refractivity contribution in [2.24, 2.45) is 0 Å². The fourth-order valence-corrected chi connectivity index (χ4v) is 5.28. The van der Waals surface area contributed by atoms with Gasteiger partial charge >= 0.3 is 0 Å². The van der Waals surface area contributed by atoms with Gasteiger partial charge < -0.3 is 0 Å². The molecule has 4 aromatic heterocycles. The molecule has 0 atom stereocenters. The van der Waals surface area contributed by atoms with Gasteiger partial charge in [0, 0.05) is 48.3 Å². The fraction of sp³-hybridized carbons (Fsp3) is 0. The summed E-state index contributed by atoms with van der Waals surface area (Å²) in [6, 6.07) is 33.9. The van der Waals surface area contributed by atoms with E-state index >= 15 is 0 Å². The zero-order chi connectivity index (χ0) is 25.3. The molecular formula is C34H22N4. The van der Waals surface area contributed by atoms with Gasteiger partial charge in [0.25, 0.3) is 0 Å². The van der Waals surface area contributed by atoms with Crippen LogP contribution in [0.3, 0.4) is 0 Å². The molecule has 0 N–H and O–H groups in total. The zero-order valence-corrected chi connectivity index (χ0v) is 20.5. The Bertz CT molecular complexity index is 1720. The van der Waals surface area contributed by atoms with E-state index in [1.807, 2.05) is 36.7 Å². The van der Waals surface area contributed by atoms with Crippen LogP contribution >= 0.6 is 0 Å². The molecule has 0 fully saturated rings. The number of nitrogens with zero attached hydrogens (tertiary/aromatic N) is 4. The third kappa shape index (κ3) is 3.80. The van der Waals surface area contributed by atoms with Crippen LogP contribution in [0.15, 0.2) is 134 Å². The van der Waals surface area contributed by atoms with Gasteiger partial charge in [0.1, 0.15) is 0 Å². The molecule has 0 bridgehead atoms. The summed E-state index contributed by atoms with van der Waals surface area (Å²) in [5.74, 6) is 0. The molecule has 38 heavy (non-hydrogen) atoms. The van der Waals surface area contributed by atoms with Crippen molar-refractivity contribution in [1.82, 2.24) is 19.9 Å². The topological polar surface area (TPSA) is 51.6 Å². The number of fused-ring (bicyclic) bond motifs is 2. The van der Waals surface area contributed by atoms with E-state index in [0.29, 0.717) is 0 Å². The Morgan fingerprint density at radius 1 is 0.342 bits per heavy atom. The first-order valence-electron chi connectivity index (χ1n) is 12.5. The Morgan fingerprint density at radius 2 is 0.684 bits per heavy atom. The first kappa shape index (κ1) is 22.0. The number of hydrogen-bond acceptors (Lipinski definition) is 4. The molecule has 0 saturated carbocycles. The van der Waals surface area contributed by atoms with Gasteiger partial charge in [0.2, 0.25) is 0 Å². The molecule has 0 saturated heterocycles. The maximum absolute atomic E-state index is 4.66. The summed E-state index contributed by atoms with van der Waals surface area (Å²) in [6.07, 6.45) is 11.0. The highest BCUT2D eigenvalue weighted by molar-refractivity contribution is 6.21. The standard InChI is InChI=1S/C34H22N4/c1-2-6-28-27(5-1)33(25-13-19-37-31(21-25)23-9-15-35-16-10-23)29-7-3-4-8-30(29)34(28)26-14-20-38-32(22-26)24-11-17-36-18-12-24/h1-22H. The number of hydrogen-bond donors (Lipinski definition) is 0. The van der Waals surface area contributed by atoms with E-state index in [0.717, 1.165) is 33.6 Å². The van der Waals surface area contributed by atoms with E-state index < -0.39 is 0 Å². The van der Waals surface area contributed by atoms with Crippen molar-refractivity contribution in [1.29, 1.82) is 0 Å². The minimum atomic E-state index is 0.929. The Balaban J connectivity index is 1.51. The largest absolute Gasteiger partial charge is 0.265 e. The number of aromatic nitrogens is 4. The highest BCUT2D eigenvalue weighted by Crippen LogP contribution is 2.44. The first-order chi connectivity index (χ1) is 18.9. The molecule has 0 spiro atoms. The molecule has 0 aliphatic heterocycles. The van der Waals surface area contributed by atoms with Gasteiger partial charge in [0.05, 0.1) is 11.4 Å². The van der Waals surface area contributed by atoms with E-state index in [1.165, 1.54) is 32.7 Å². The quantitative estimate of drug-likeness (QED) is 0.235. The van der Waals surface area contributed by atoms with Crippen molar-refractivity contribution in [2.45, 2.75) is 0 Å². The molecule has 0 aliphatic carbocycles. The third-order valence-corrected chi connectivity index (χ3v) is 6.98. The van der Waals surface area contributed by atoms with Crippen LogP contribution in [0.4, 0.5) is 0 Å². The molecule has 0 aliphatic rings. The average Bonchev–Trinajstić information content (AvgIpc) is 3.01. The SMILES string of the molecule is c1ccc2c(-c3ccnc(-c4ccncc4)c3)c3ccccc3c(-c3ccnc(-c4ccncc4)c3)c2c1. The molecular weight excluding hydrogens is 464 g/mol. The van der Waals surface area contributed by atoms with Crippen molar-refractivity contribution in [3.05, 3.63) is 134 Å². The summed E-state index contributed by atoms with van der Waals surface area (Å²) in [5, 5.41) is 4.82. The second-order valence-electron chi connectivity index (χ2n) is 9.17. The summed E-state index contributed by atoms with van der Waals surface area (Å²) in [4.78, 5) is 17.6. The monoisotopic (exact) mass is 486 g/mol. The van der Waals surface area contributed by atoms with Crippen molar-refractivity contribution < 1.29 is 0 Å². The van der Waals surface area contributed by atoms with Gasteiger partial charge in [-0.05, 0) is 92.3 Å². The average molecular weight is 487 g/mol. The van der Waals surface area contributed by atoms with Crippen LogP contribution in [-0.2, 0) is 0 Å². The number of pyridine rings is 4. The first-order valence-corrected chi connectivity index (χ1v) is 12.5. The lowest BCUT2D eigenvalue weighted by Crippen LogP contribution is -1.93. The van der Waals surface area contributed by atoms with Gasteiger partial charge in [-0.1, -0.05) is 48.5 Å². The van der Waals surface area contributed by atoms with Crippen LogP contribution in [0.2, 0.25) is 0 Å². The Morgan fingerprint density at radius 3 is 1.05 bits per heavy atom. The van der Waals surface area contributed by atoms with Crippen molar-refractivity contribution in [2.75, 3.05) is 0 Å². The lowest BCUT2D eigenvalue weighted by atomic mass is 9.86. The van der Waals surface area contributed by atoms with Gasteiger partial charge in [-0.15, -0.1) is 0 Å². The maximum Gasteiger partial charge on any atom is 0.0709 e. The van der Waals surface area contributed by atoms with Gasteiger partial charge in [-0.25, -0.2) is 0 Å². The lowest BCUT2D eigenvalue weighted by molar-refractivity contribution is 1.29. The molecule has 0 unspecified atom stereocenters. The third-order valence-electron chi connectivity index (χ3n) is 6.98. The Hall–Kier alpha value is -5.22. The van der Waals surface area contributed by atoms with Gasteiger partial charge in [-0.3, -0.25) is 19.9 Å². The molecule has 0 radical (unpaired) electrons. The molecule has 3 aromatic carbocycles. The number of benzene rings is 3. The zero-order valence-electron chi connectivity index (χ0n) is 20.5. The van der Waals surface area contributed by atoms with E-state index in [-0.39, 0.29) is 0 Å². The van der Waals surface area contributed by atoms with Crippen molar-refractivity contribution in [3.8, 4) is 44.8 Å². The maximum atomic E-state index is 4.66. The minimum Gasteiger partial charge on any atom is -0.265 e. The van der Waals surface area contributed by atoms with Crippen LogP contribution in [0.5, 0.6) is 0 Å². The highest BCUT2D eigenvalue weighted by Gasteiger charge is 2.17.